The Morgan fingerprint density at radius 2 is 1.81 bits per heavy atom. The quantitative estimate of drug-likeness (QED) is 0.307. The Balaban J connectivity index is 1.60. The maximum absolute atomic E-state index is 13.6. The molecule has 1 unspecified atom stereocenters. The molecule has 0 saturated heterocycles. The second kappa shape index (κ2) is 11.2. The van der Waals surface area contributed by atoms with Crippen molar-refractivity contribution in [1.82, 2.24) is 10.5 Å². The first kappa shape index (κ1) is 26.4. The Kier molecular flexibility index (Phi) is 7.97. The van der Waals surface area contributed by atoms with Gasteiger partial charge in [-0.2, -0.15) is 13.2 Å². The first-order chi connectivity index (χ1) is 17.7. The summed E-state index contributed by atoms with van der Waals surface area (Å²) in [5.41, 5.74) is 4.06. The van der Waals surface area contributed by atoms with Crippen LogP contribution < -0.4 is 15.1 Å². The highest BCUT2D eigenvalue weighted by Gasteiger charge is 2.47. The number of rotatable bonds is 8. The summed E-state index contributed by atoms with van der Waals surface area (Å²) in [4.78, 5) is 29.7. The molecule has 2 aromatic carbocycles. The van der Waals surface area contributed by atoms with Gasteiger partial charge < -0.3 is 9.64 Å². The lowest BCUT2D eigenvalue weighted by atomic mass is 9.92. The van der Waals surface area contributed by atoms with E-state index in [4.69, 9.17) is 9.94 Å². The lowest BCUT2D eigenvalue weighted by molar-refractivity contribution is -0.171. The number of carbonyl (C=O) groups excluding carboxylic acids is 2. The van der Waals surface area contributed by atoms with Crippen molar-refractivity contribution in [3.8, 4) is 5.75 Å². The molecule has 0 aliphatic heterocycles. The van der Waals surface area contributed by atoms with Gasteiger partial charge in [-0.25, -0.2) is 5.48 Å². The number of ether oxygens (including phenoxy) is 1. The summed E-state index contributed by atoms with van der Waals surface area (Å²) in [5.74, 6) is -2.80. The average Bonchev–Trinajstić information content (AvgIpc) is 3.41. The zero-order chi connectivity index (χ0) is 26.6. The van der Waals surface area contributed by atoms with Crippen LogP contribution in [0, 0.1) is 12.8 Å². The van der Waals surface area contributed by atoms with E-state index < -0.39 is 30.5 Å². The van der Waals surface area contributed by atoms with Crippen LogP contribution in [0.1, 0.15) is 43.4 Å². The van der Waals surface area contributed by atoms with Crippen LogP contribution in [-0.4, -0.2) is 34.2 Å². The summed E-state index contributed by atoms with van der Waals surface area (Å²) in [6, 6.07) is 14.3. The largest absolute Gasteiger partial charge is 0.489 e. The van der Waals surface area contributed by atoms with Crippen molar-refractivity contribution < 1.29 is 32.7 Å². The smallest absolute Gasteiger partial charge is 0.471 e. The molecular weight excluding hydrogens is 487 g/mol. The number of fused-ring (bicyclic) bond motifs is 1. The first-order valence-electron chi connectivity index (χ1n) is 12.1. The molecule has 1 heterocycles. The maximum atomic E-state index is 13.6. The van der Waals surface area contributed by atoms with Crippen LogP contribution in [0.3, 0.4) is 0 Å². The van der Waals surface area contributed by atoms with Crippen LogP contribution in [-0.2, 0) is 16.2 Å². The molecular formula is C27H28F3N3O4. The van der Waals surface area contributed by atoms with Crippen molar-refractivity contribution in [2.75, 3.05) is 4.90 Å². The zero-order valence-corrected chi connectivity index (χ0v) is 20.3. The van der Waals surface area contributed by atoms with Gasteiger partial charge in [-0.15, -0.1) is 0 Å². The topological polar surface area (TPSA) is 91.8 Å². The summed E-state index contributed by atoms with van der Waals surface area (Å²) in [5, 5.41) is 9.94. The SMILES string of the molecule is Cc1cc(COc2ccc(N(C(=O)C(F)(F)F)C(CC(=O)NO)C3CCCC3)cc2)c2ccccc2n1. The molecule has 2 N–H and O–H groups in total. The number of carbonyl (C=O) groups is 2. The van der Waals surface area contributed by atoms with Gasteiger partial charge in [0.15, 0.2) is 0 Å². The Bertz CT molecular complexity index is 1260. The first-order valence-corrected chi connectivity index (χ1v) is 12.1. The van der Waals surface area contributed by atoms with Gasteiger partial charge in [0, 0.05) is 34.8 Å². The van der Waals surface area contributed by atoms with Gasteiger partial charge in [-0.1, -0.05) is 31.0 Å². The van der Waals surface area contributed by atoms with Crippen molar-refractivity contribution in [3.63, 3.8) is 0 Å². The van der Waals surface area contributed by atoms with E-state index in [1.165, 1.54) is 29.7 Å². The third-order valence-corrected chi connectivity index (χ3v) is 6.70. The number of amides is 2. The number of aryl methyl sites for hydroxylation is 1. The molecule has 0 radical (unpaired) electrons. The maximum Gasteiger partial charge on any atom is 0.471 e. The highest BCUT2D eigenvalue weighted by Crippen LogP contribution is 2.37. The summed E-state index contributed by atoms with van der Waals surface area (Å²) in [6.45, 7) is 2.10. The number of para-hydroxylation sites is 1. The van der Waals surface area contributed by atoms with E-state index in [1.807, 2.05) is 37.3 Å². The van der Waals surface area contributed by atoms with Crippen molar-refractivity contribution in [1.29, 1.82) is 0 Å². The van der Waals surface area contributed by atoms with E-state index in [2.05, 4.69) is 4.98 Å². The highest BCUT2D eigenvalue weighted by molar-refractivity contribution is 5.98. The highest BCUT2D eigenvalue weighted by atomic mass is 19.4. The van der Waals surface area contributed by atoms with Gasteiger partial charge >= 0.3 is 12.1 Å². The molecule has 1 atom stereocenters. The van der Waals surface area contributed by atoms with E-state index in [9.17, 15) is 22.8 Å². The number of anilines is 1. The number of benzene rings is 2. The molecule has 1 saturated carbocycles. The second-order valence-corrected chi connectivity index (χ2v) is 9.25. The predicted molar refractivity (Wildman–Crippen MR) is 131 cm³/mol. The minimum absolute atomic E-state index is 0.00233. The van der Waals surface area contributed by atoms with Gasteiger partial charge in [0.2, 0.25) is 5.91 Å². The molecule has 4 rings (SSSR count). The van der Waals surface area contributed by atoms with Crippen LogP contribution in [0.15, 0.2) is 54.6 Å². The third-order valence-electron chi connectivity index (χ3n) is 6.70. The third kappa shape index (κ3) is 6.19. The molecule has 1 aliphatic rings. The lowest BCUT2D eigenvalue weighted by Gasteiger charge is -2.35. The standard InChI is InChI=1S/C27H28F3N3O4/c1-17-14-19(22-8-4-5-9-23(22)31-17)16-37-21-12-10-20(11-13-21)33(26(35)27(28,29)30)24(15-25(34)32-36)18-6-2-3-7-18/h4-5,8-14,18,24,36H,2-3,6-7,15-16H2,1H3,(H,32,34). The van der Waals surface area contributed by atoms with Crippen molar-refractivity contribution in [2.45, 2.75) is 57.9 Å². The van der Waals surface area contributed by atoms with E-state index in [1.54, 1.807) is 0 Å². The number of aromatic nitrogens is 1. The molecule has 2 amide bonds. The number of hydrogen-bond donors (Lipinski definition) is 2. The number of alkyl halides is 3. The molecule has 3 aromatic rings. The monoisotopic (exact) mass is 515 g/mol. The van der Waals surface area contributed by atoms with E-state index >= 15 is 0 Å². The zero-order valence-electron chi connectivity index (χ0n) is 20.3. The predicted octanol–water partition coefficient (Wildman–Crippen LogP) is 5.47. The van der Waals surface area contributed by atoms with E-state index in [0.717, 1.165) is 35.0 Å². The van der Waals surface area contributed by atoms with Crippen molar-refractivity contribution >= 4 is 28.4 Å². The summed E-state index contributed by atoms with van der Waals surface area (Å²) in [6.07, 6.45) is -2.81. The van der Waals surface area contributed by atoms with Crippen molar-refractivity contribution in [2.24, 2.45) is 5.92 Å². The fraction of sp³-hybridized carbons (Fsp3) is 0.370. The molecule has 1 fully saturated rings. The summed E-state index contributed by atoms with van der Waals surface area (Å²) >= 11 is 0. The van der Waals surface area contributed by atoms with Crippen LogP contribution in [0.2, 0.25) is 0 Å². The minimum Gasteiger partial charge on any atom is -0.489 e. The van der Waals surface area contributed by atoms with Crippen molar-refractivity contribution in [3.05, 3.63) is 65.9 Å². The molecule has 10 heteroatoms. The Hall–Kier alpha value is -3.66. The van der Waals surface area contributed by atoms with Gasteiger partial charge in [-0.3, -0.25) is 19.8 Å². The molecule has 0 bridgehead atoms. The molecule has 196 valence electrons. The fourth-order valence-corrected chi connectivity index (χ4v) is 5.02. The summed E-state index contributed by atoms with van der Waals surface area (Å²) < 4.78 is 46.8. The van der Waals surface area contributed by atoms with Crippen LogP contribution in [0.25, 0.3) is 10.9 Å². The molecule has 7 nitrogen and oxygen atoms in total. The number of pyridine rings is 1. The molecule has 37 heavy (non-hydrogen) atoms. The molecule has 1 aromatic heterocycles. The second-order valence-electron chi connectivity index (χ2n) is 9.25. The number of halogens is 3. The lowest BCUT2D eigenvalue weighted by Crippen LogP contribution is -2.51. The normalized spacial score (nSPS) is 14.9. The Morgan fingerprint density at radius 3 is 2.46 bits per heavy atom. The van der Waals surface area contributed by atoms with E-state index in [0.29, 0.717) is 23.5 Å². The average molecular weight is 516 g/mol. The van der Waals surface area contributed by atoms with Crippen LogP contribution >= 0.6 is 0 Å². The molecule has 1 aliphatic carbocycles. The molecule has 0 spiro atoms. The van der Waals surface area contributed by atoms with Gasteiger partial charge in [-0.05, 0) is 62.1 Å². The Morgan fingerprint density at radius 1 is 1.14 bits per heavy atom. The fourth-order valence-electron chi connectivity index (χ4n) is 5.02. The van der Waals surface area contributed by atoms with Crippen LogP contribution in [0.4, 0.5) is 18.9 Å². The number of hydrogen-bond acceptors (Lipinski definition) is 5. The van der Waals surface area contributed by atoms with Gasteiger partial charge in [0.25, 0.3) is 0 Å². The van der Waals surface area contributed by atoms with E-state index in [-0.39, 0.29) is 18.2 Å². The summed E-state index contributed by atoms with van der Waals surface area (Å²) in [7, 11) is 0. The number of nitrogens with zero attached hydrogens (tertiary/aromatic N) is 2. The minimum atomic E-state index is -5.14. The Labute approximate surface area is 212 Å². The van der Waals surface area contributed by atoms with Gasteiger partial charge in [0.05, 0.1) is 5.52 Å². The number of nitrogens with one attached hydrogen (secondary N) is 1. The van der Waals surface area contributed by atoms with Gasteiger partial charge in [0.1, 0.15) is 12.4 Å². The number of hydroxylamine groups is 1. The van der Waals surface area contributed by atoms with Crippen LogP contribution in [0.5, 0.6) is 5.75 Å².